The zero-order chi connectivity index (χ0) is 11.7. The Bertz CT molecular complexity index is 436. The monoisotopic (exact) mass is 288 g/mol. The standard InChI is InChI=1S/C8H4N2O2S4/c11-5-3(15-7(13)9-5)1-2-4-6(12)10-8(14)16-4/h1-2H,(H,9,11,13)(H,10,12,14). The summed E-state index contributed by atoms with van der Waals surface area (Å²) in [5.74, 6) is -0.476. The Labute approximate surface area is 110 Å². The third-order valence-corrected chi connectivity index (χ3v) is 4.03. The maximum absolute atomic E-state index is 11.3. The van der Waals surface area contributed by atoms with Gasteiger partial charge in [-0.3, -0.25) is 9.59 Å². The Morgan fingerprint density at radius 3 is 1.50 bits per heavy atom. The van der Waals surface area contributed by atoms with Gasteiger partial charge in [0.05, 0.1) is 9.81 Å². The van der Waals surface area contributed by atoms with Gasteiger partial charge in [-0.1, -0.05) is 48.0 Å². The lowest BCUT2D eigenvalue weighted by molar-refractivity contribution is -0.116. The summed E-state index contributed by atoms with van der Waals surface area (Å²) in [6.45, 7) is 0. The molecule has 2 N–H and O–H groups in total. The first-order chi connectivity index (χ1) is 7.56. The van der Waals surface area contributed by atoms with E-state index in [9.17, 15) is 9.59 Å². The highest BCUT2D eigenvalue weighted by molar-refractivity contribution is 8.27. The number of rotatable bonds is 1. The second-order valence-electron chi connectivity index (χ2n) is 2.75. The molecule has 2 amide bonds. The summed E-state index contributed by atoms with van der Waals surface area (Å²) in [7, 11) is 0. The fourth-order valence-corrected chi connectivity index (χ4v) is 2.99. The molecule has 0 spiro atoms. The van der Waals surface area contributed by atoms with Crippen LogP contribution in [-0.2, 0) is 9.59 Å². The number of thioether (sulfide) groups is 2. The van der Waals surface area contributed by atoms with E-state index in [4.69, 9.17) is 24.4 Å². The lowest BCUT2D eigenvalue weighted by Gasteiger charge is -1.89. The molecule has 2 aliphatic heterocycles. The first-order valence-corrected chi connectivity index (χ1v) is 6.49. The van der Waals surface area contributed by atoms with E-state index in [1.165, 1.54) is 23.5 Å². The SMILES string of the molecule is O=C1NC(=S)SC1=CC=C1SC(=S)NC1=O. The van der Waals surface area contributed by atoms with Crippen LogP contribution in [0.4, 0.5) is 0 Å². The van der Waals surface area contributed by atoms with Crippen LogP contribution in [0.3, 0.4) is 0 Å². The topological polar surface area (TPSA) is 58.2 Å². The second-order valence-corrected chi connectivity index (χ2v) is 6.19. The van der Waals surface area contributed by atoms with Crippen LogP contribution in [0.2, 0.25) is 0 Å². The van der Waals surface area contributed by atoms with Crippen LogP contribution in [0.25, 0.3) is 0 Å². The number of allylic oxidation sites excluding steroid dienone is 2. The number of thiocarbonyl (C=S) groups is 2. The van der Waals surface area contributed by atoms with Crippen molar-refractivity contribution >= 4 is 68.4 Å². The van der Waals surface area contributed by atoms with Gasteiger partial charge in [-0.25, -0.2) is 0 Å². The van der Waals surface area contributed by atoms with E-state index in [1.54, 1.807) is 12.2 Å². The molecule has 4 nitrogen and oxygen atoms in total. The highest BCUT2D eigenvalue weighted by Crippen LogP contribution is 2.26. The van der Waals surface area contributed by atoms with Crippen LogP contribution in [0.1, 0.15) is 0 Å². The maximum atomic E-state index is 11.3. The molecule has 2 saturated heterocycles. The molecule has 0 unspecified atom stereocenters. The lowest BCUT2D eigenvalue weighted by atomic mass is 10.4. The minimum atomic E-state index is -0.238. The summed E-state index contributed by atoms with van der Waals surface area (Å²) in [5, 5.41) is 4.97. The van der Waals surface area contributed by atoms with Crippen LogP contribution in [0.15, 0.2) is 22.0 Å². The summed E-state index contributed by atoms with van der Waals surface area (Å²) < 4.78 is 0.849. The summed E-state index contributed by atoms with van der Waals surface area (Å²) in [5.41, 5.74) is 0. The Kier molecular flexibility index (Phi) is 3.43. The molecule has 0 aliphatic carbocycles. The molecule has 2 rings (SSSR count). The van der Waals surface area contributed by atoms with Crippen molar-refractivity contribution in [2.75, 3.05) is 0 Å². The average molecular weight is 288 g/mol. The van der Waals surface area contributed by atoms with Crippen LogP contribution >= 0.6 is 48.0 Å². The number of hydrogen-bond acceptors (Lipinski definition) is 6. The Balaban J connectivity index is 2.17. The van der Waals surface area contributed by atoms with E-state index in [-0.39, 0.29) is 11.8 Å². The van der Waals surface area contributed by atoms with Gasteiger partial charge in [0.1, 0.15) is 8.64 Å². The molecular formula is C8H4N2O2S4. The number of hydrogen-bond donors (Lipinski definition) is 2. The zero-order valence-electron chi connectivity index (χ0n) is 7.60. The number of carbonyl (C=O) groups excluding carboxylic acids is 2. The maximum Gasteiger partial charge on any atom is 0.263 e. The molecule has 16 heavy (non-hydrogen) atoms. The fraction of sp³-hybridized carbons (Fsp3) is 0. The van der Waals surface area contributed by atoms with Gasteiger partial charge in [0, 0.05) is 0 Å². The second kappa shape index (κ2) is 4.66. The van der Waals surface area contributed by atoms with Crippen LogP contribution in [0, 0.1) is 0 Å². The first-order valence-electron chi connectivity index (χ1n) is 4.04. The van der Waals surface area contributed by atoms with Gasteiger partial charge in [0.15, 0.2) is 0 Å². The normalized spacial score (nSPS) is 25.5. The predicted octanol–water partition coefficient (Wildman–Crippen LogP) is 1.05. The molecule has 2 heterocycles. The average Bonchev–Trinajstić information content (AvgIpc) is 2.66. The molecule has 0 bridgehead atoms. The molecule has 82 valence electrons. The van der Waals surface area contributed by atoms with E-state index in [1.807, 2.05) is 0 Å². The fourth-order valence-electron chi connectivity index (χ4n) is 1.02. The van der Waals surface area contributed by atoms with Crippen molar-refractivity contribution in [3.63, 3.8) is 0 Å². The largest absolute Gasteiger partial charge is 0.307 e. The van der Waals surface area contributed by atoms with Crippen molar-refractivity contribution in [2.45, 2.75) is 0 Å². The van der Waals surface area contributed by atoms with Gasteiger partial charge in [0.25, 0.3) is 11.8 Å². The minimum Gasteiger partial charge on any atom is -0.307 e. The summed E-state index contributed by atoms with van der Waals surface area (Å²) >= 11 is 12.0. The molecule has 2 fully saturated rings. The van der Waals surface area contributed by atoms with Gasteiger partial charge < -0.3 is 10.6 Å². The van der Waals surface area contributed by atoms with Crippen molar-refractivity contribution in [1.82, 2.24) is 10.6 Å². The van der Waals surface area contributed by atoms with Gasteiger partial charge in [-0.05, 0) is 12.2 Å². The first kappa shape index (κ1) is 11.8. The van der Waals surface area contributed by atoms with Crippen LogP contribution < -0.4 is 10.6 Å². The molecule has 2 aliphatic rings. The van der Waals surface area contributed by atoms with E-state index in [2.05, 4.69) is 10.6 Å². The summed E-state index contributed by atoms with van der Waals surface area (Å²) in [6.07, 6.45) is 3.13. The molecule has 0 atom stereocenters. The van der Waals surface area contributed by atoms with Crippen molar-refractivity contribution in [2.24, 2.45) is 0 Å². The Hall–Kier alpha value is -0.700. The van der Waals surface area contributed by atoms with Gasteiger partial charge in [-0.15, -0.1) is 0 Å². The van der Waals surface area contributed by atoms with Gasteiger partial charge >= 0.3 is 0 Å². The van der Waals surface area contributed by atoms with Gasteiger partial charge in [0.2, 0.25) is 0 Å². The van der Waals surface area contributed by atoms with Crippen molar-refractivity contribution < 1.29 is 9.59 Å². The highest BCUT2D eigenvalue weighted by atomic mass is 32.2. The van der Waals surface area contributed by atoms with Gasteiger partial charge in [-0.2, -0.15) is 0 Å². The smallest absolute Gasteiger partial charge is 0.263 e. The Morgan fingerprint density at radius 1 is 0.875 bits per heavy atom. The minimum absolute atomic E-state index is 0.238. The molecule has 0 saturated carbocycles. The predicted molar refractivity (Wildman–Crippen MR) is 72.8 cm³/mol. The van der Waals surface area contributed by atoms with Crippen molar-refractivity contribution in [3.8, 4) is 0 Å². The highest BCUT2D eigenvalue weighted by Gasteiger charge is 2.24. The number of nitrogens with one attached hydrogen (secondary N) is 2. The van der Waals surface area contributed by atoms with E-state index in [0.717, 1.165) is 0 Å². The zero-order valence-corrected chi connectivity index (χ0v) is 10.9. The molecule has 0 radical (unpaired) electrons. The molecule has 0 aromatic rings. The Morgan fingerprint density at radius 2 is 1.25 bits per heavy atom. The molecule has 0 aromatic carbocycles. The van der Waals surface area contributed by atoms with E-state index in [0.29, 0.717) is 18.5 Å². The van der Waals surface area contributed by atoms with E-state index < -0.39 is 0 Å². The summed E-state index contributed by atoms with van der Waals surface area (Å²) in [4.78, 5) is 23.5. The van der Waals surface area contributed by atoms with Crippen LogP contribution in [0.5, 0.6) is 0 Å². The number of amides is 2. The van der Waals surface area contributed by atoms with E-state index >= 15 is 0 Å². The third kappa shape index (κ3) is 2.51. The summed E-state index contributed by atoms with van der Waals surface area (Å²) in [6, 6.07) is 0. The quantitative estimate of drug-likeness (QED) is 0.556. The third-order valence-electron chi connectivity index (χ3n) is 1.67. The molecular weight excluding hydrogens is 284 g/mol. The number of carbonyl (C=O) groups is 2. The van der Waals surface area contributed by atoms with Crippen LogP contribution in [-0.4, -0.2) is 20.5 Å². The molecule has 8 heteroatoms. The molecule has 0 aromatic heterocycles. The van der Waals surface area contributed by atoms with Crippen molar-refractivity contribution in [1.29, 1.82) is 0 Å². The lowest BCUT2D eigenvalue weighted by Crippen LogP contribution is -2.18. The van der Waals surface area contributed by atoms with Crippen molar-refractivity contribution in [3.05, 3.63) is 22.0 Å².